The van der Waals surface area contributed by atoms with Crippen LogP contribution in [0.4, 0.5) is 0 Å². The molecular weight excluding hydrogens is 332 g/mol. The second-order valence-electron chi connectivity index (χ2n) is 3.62. The fourth-order valence-corrected chi connectivity index (χ4v) is 8.03. The van der Waals surface area contributed by atoms with Crippen LogP contribution >= 0.6 is 19.8 Å². The predicted molar refractivity (Wildman–Crippen MR) is 56.4 cm³/mol. The van der Waals surface area contributed by atoms with Crippen molar-refractivity contribution < 1.29 is 23.1 Å². The molecule has 1 aliphatic rings. The number of carbonyl (C=O) groups excluding carboxylic acids is 1. The molecular formula is C9H15IO2Zn. The molecule has 0 aromatic rings. The predicted octanol–water partition coefficient (Wildman–Crippen LogP) is 2.96. The standard InChI is InChI=1S/C9H15O2.HI.Zn/c1-2-11-9(10)8-6-4-3-5-7-8;;/h3,8H,2,4-7H2,1H3;1H;/q;;+1/p-1. The fraction of sp³-hybridized carbons (Fsp3) is 0.889. The van der Waals surface area contributed by atoms with Crippen LogP contribution in [-0.4, -0.2) is 12.6 Å². The van der Waals surface area contributed by atoms with Gasteiger partial charge in [0.2, 0.25) is 0 Å². The summed E-state index contributed by atoms with van der Waals surface area (Å²) in [5.74, 6) is 0.267. The van der Waals surface area contributed by atoms with Gasteiger partial charge in [-0.25, -0.2) is 0 Å². The topological polar surface area (TPSA) is 26.3 Å². The summed E-state index contributed by atoms with van der Waals surface area (Å²) in [4.78, 5) is 11.4. The number of halogens is 1. The quantitative estimate of drug-likeness (QED) is 0.446. The maximum atomic E-state index is 11.4. The van der Waals surface area contributed by atoms with E-state index in [9.17, 15) is 4.79 Å². The molecule has 0 saturated heterocycles. The van der Waals surface area contributed by atoms with Crippen molar-refractivity contribution in [3.8, 4) is 0 Å². The van der Waals surface area contributed by atoms with Crippen molar-refractivity contribution in [3.63, 3.8) is 0 Å². The van der Waals surface area contributed by atoms with Crippen molar-refractivity contribution in [2.75, 3.05) is 6.61 Å². The third kappa shape index (κ3) is 3.82. The molecule has 2 nitrogen and oxygen atoms in total. The second-order valence-corrected chi connectivity index (χ2v) is 11.3. The Morgan fingerprint density at radius 1 is 1.46 bits per heavy atom. The van der Waals surface area contributed by atoms with Crippen molar-refractivity contribution in [2.45, 2.75) is 37.1 Å². The van der Waals surface area contributed by atoms with Crippen molar-refractivity contribution in [1.29, 1.82) is 0 Å². The SMILES string of the molecule is CCOC(=O)C1CC[CH]([Zn][I])CC1. The molecule has 1 saturated carbocycles. The summed E-state index contributed by atoms with van der Waals surface area (Å²) < 4.78 is 6.05. The van der Waals surface area contributed by atoms with E-state index in [2.05, 4.69) is 19.8 Å². The normalized spacial score (nSPS) is 27.8. The summed E-state index contributed by atoms with van der Waals surface area (Å²) in [5.41, 5.74) is 0. The third-order valence-electron chi connectivity index (χ3n) is 2.68. The van der Waals surface area contributed by atoms with Crippen LogP contribution in [0.5, 0.6) is 0 Å². The average molecular weight is 348 g/mol. The number of carbonyl (C=O) groups is 1. The molecule has 0 aliphatic heterocycles. The van der Waals surface area contributed by atoms with Crippen LogP contribution in [0, 0.1) is 5.92 Å². The van der Waals surface area contributed by atoms with Gasteiger partial charge in [0.1, 0.15) is 0 Å². The van der Waals surface area contributed by atoms with Crippen molar-refractivity contribution in [3.05, 3.63) is 0 Å². The molecule has 0 amide bonds. The average Bonchev–Trinajstić information content (AvgIpc) is 2.18. The number of hydrogen-bond acceptors (Lipinski definition) is 2. The van der Waals surface area contributed by atoms with Gasteiger partial charge in [0, 0.05) is 0 Å². The molecule has 1 fully saturated rings. The molecule has 0 aromatic carbocycles. The fourth-order valence-electron chi connectivity index (χ4n) is 1.81. The Kier molecular flexibility index (Phi) is 5.80. The molecule has 0 bridgehead atoms. The van der Waals surface area contributed by atoms with Crippen LogP contribution in [0.25, 0.3) is 0 Å². The zero-order valence-corrected chi connectivity index (χ0v) is 13.2. The summed E-state index contributed by atoms with van der Waals surface area (Å²) in [6.45, 7) is 2.41. The molecule has 72 valence electrons. The Labute approximate surface area is 98.0 Å². The summed E-state index contributed by atoms with van der Waals surface area (Å²) in [5, 5.41) is 0. The monoisotopic (exact) mass is 346 g/mol. The van der Waals surface area contributed by atoms with Crippen LogP contribution in [0.3, 0.4) is 0 Å². The first kappa shape index (κ1) is 11.9. The van der Waals surface area contributed by atoms with E-state index < -0.39 is 0 Å². The van der Waals surface area contributed by atoms with Gasteiger partial charge in [-0.3, -0.25) is 0 Å². The summed E-state index contributed by atoms with van der Waals surface area (Å²) >= 11 is 2.36. The summed E-state index contributed by atoms with van der Waals surface area (Å²) in [6.07, 6.45) is 4.73. The first-order chi connectivity index (χ1) is 6.27. The Bertz CT molecular complexity index is 167. The van der Waals surface area contributed by atoms with Crippen molar-refractivity contribution in [1.82, 2.24) is 0 Å². The summed E-state index contributed by atoms with van der Waals surface area (Å²) in [6, 6.07) is 0. The van der Waals surface area contributed by atoms with E-state index in [1.165, 1.54) is 12.8 Å². The van der Waals surface area contributed by atoms with E-state index in [1.54, 1.807) is 0 Å². The van der Waals surface area contributed by atoms with E-state index >= 15 is 0 Å². The van der Waals surface area contributed by atoms with Crippen LogP contribution in [0.1, 0.15) is 32.6 Å². The van der Waals surface area contributed by atoms with E-state index in [-0.39, 0.29) is 25.5 Å². The third-order valence-corrected chi connectivity index (χ3v) is 11.8. The van der Waals surface area contributed by atoms with E-state index in [0.29, 0.717) is 6.61 Å². The van der Waals surface area contributed by atoms with Gasteiger partial charge >= 0.3 is 98.5 Å². The molecule has 0 spiro atoms. The van der Waals surface area contributed by atoms with E-state index in [4.69, 9.17) is 4.74 Å². The number of ether oxygens (including phenoxy) is 1. The molecule has 1 aliphatic carbocycles. The second kappa shape index (κ2) is 6.33. The molecule has 4 heteroatoms. The van der Waals surface area contributed by atoms with Gasteiger partial charge in [-0.1, -0.05) is 0 Å². The molecule has 0 heterocycles. The van der Waals surface area contributed by atoms with Crippen LogP contribution < -0.4 is 0 Å². The van der Waals surface area contributed by atoms with Gasteiger partial charge in [-0.2, -0.15) is 0 Å². The first-order valence-corrected chi connectivity index (χ1v) is 15.8. The molecule has 0 atom stereocenters. The Morgan fingerprint density at radius 2 is 2.08 bits per heavy atom. The van der Waals surface area contributed by atoms with E-state index in [0.717, 1.165) is 17.4 Å². The van der Waals surface area contributed by atoms with Crippen molar-refractivity contribution >= 4 is 25.7 Å². The van der Waals surface area contributed by atoms with Gasteiger partial charge in [0.05, 0.1) is 0 Å². The van der Waals surface area contributed by atoms with Gasteiger partial charge in [-0.15, -0.1) is 0 Å². The molecule has 0 aromatic heterocycles. The molecule has 1 rings (SSSR count). The van der Waals surface area contributed by atoms with Crippen LogP contribution in [0.2, 0.25) is 4.51 Å². The molecule has 0 radical (unpaired) electrons. The van der Waals surface area contributed by atoms with Gasteiger partial charge in [0.15, 0.2) is 0 Å². The number of hydrogen-bond donors (Lipinski definition) is 0. The molecule has 0 unspecified atom stereocenters. The van der Waals surface area contributed by atoms with Gasteiger partial charge in [-0.05, 0) is 0 Å². The summed E-state index contributed by atoms with van der Waals surface area (Å²) in [7, 11) is 0. The van der Waals surface area contributed by atoms with Gasteiger partial charge < -0.3 is 0 Å². The Balaban J connectivity index is 2.28. The minimum atomic E-state index is -0.258. The Morgan fingerprint density at radius 3 is 2.54 bits per heavy atom. The van der Waals surface area contributed by atoms with Gasteiger partial charge in [0.25, 0.3) is 0 Å². The van der Waals surface area contributed by atoms with Crippen molar-refractivity contribution in [2.24, 2.45) is 5.92 Å². The maximum absolute atomic E-state index is 11.4. The zero-order chi connectivity index (χ0) is 9.68. The zero-order valence-electron chi connectivity index (χ0n) is 8.09. The number of esters is 1. The van der Waals surface area contributed by atoms with Crippen LogP contribution in [-0.2, 0) is 23.1 Å². The minimum absolute atomic E-state index is 0.0434. The Hall–Kier alpha value is 0.823. The molecule has 0 N–H and O–H groups in total. The van der Waals surface area contributed by atoms with E-state index in [1.807, 2.05) is 6.92 Å². The first-order valence-electron chi connectivity index (χ1n) is 5.00. The number of rotatable bonds is 3. The molecule has 13 heavy (non-hydrogen) atoms. The van der Waals surface area contributed by atoms with Crippen LogP contribution in [0.15, 0.2) is 0 Å².